The SMILES string of the molecule is CS[C@@H](C)OCC(=O)NCCOCCOCCOCCOCCOCC(F)CNC(C)=O. The molecule has 0 fully saturated rings. The zero-order valence-electron chi connectivity index (χ0n) is 19.4. The Morgan fingerprint density at radius 3 is 1.84 bits per heavy atom. The predicted molar refractivity (Wildman–Crippen MR) is 120 cm³/mol. The van der Waals surface area contributed by atoms with Crippen LogP contribution in [0.25, 0.3) is 0 Å². The minimum atomic E-state index is -1.23. The maximum atomic E-state index is 13.3. The van der Waals surface area contributed by atoms with E-state index in [-0.39, 0.29) is 43.6 Å². The van der Waals surface area contributed by atoms with Gasteiger partial charge in [-0.1, -0.05) is 0 Å². The Bertz CT molecular complexity index is 465. The molecule has 0 aliphatic heterocycles. The van der Waals surface area contributed by atoms with Crippen LogP contribution in [0.5, 0.6) is 0 Å². The molecular weight excluding hydrogens is 447 g/mol. The number of alkyl halides is 1. The van der Waals surface area contributed by atoms with Gasteiger partial charge in [0.2, 0.25) is 11.8 Å². The third-order valence-corrected chi connectivity index (χ3v) is 4.51. The molecule has 190 valence electrons. The minimum absolute atomic E-state index is 0.00398. The number of carbonyl (C=O) groups excluding carboxylic acids is 2. The largest absolute Gasteiger partial charge is 0.377 e. The summed E-state index contributed by atoms with van der Waals surface area (Å²) < 4.78 is 45.1. The summed E-state index contributed by atoms with van der Waals surface area (Å²) >= 11 is 1.54. The molecular formula is C20H39FN2O8S. The van der Waals surface area contributed by atoms with E-state index in [1.54, 1.807) is 0 Å². The molecule has 0 aliphatic carbocycles. The number of halogens is 1. The van der Waals surface area contributed by atoms with E-state index >= 15 is 0 Å². The lowest BCUT2D eigenvalue weighted by Crippen LogP contribution is -2.31. The van der Waals surface area contributed by atoms with Crippen LogP contribution in [0.3, 0.4) is 0 Å². The van der Waals surface area contributed by atoms with E-state index in [0.29, 0.717) is 59.4 Å². The normalized spacial score (nSPS) is 13.0. The zero-order chi connectivity index (χ0) is 23.9. The van der Waals surface area contributed by atoms with Gasteiger partial charge < -0.3 is 39.1 Å². The highest BCUT2D eigenvalue weighted by Gasteiger charge is 2.07. The predicted octanol–water partition coefficient (Wildman–Crippen LogP) is 0.385. The molecule has 0 rings (SSSR count). The van der Waals surface area contributed by atoms with Crippen molar-refractivity contribution in [1.29, 1.82) is 0 Å². The first-order valence-corrected chi connectivity index (χ1v) is 11.9. The van der Waals surface area contributed by atoms with Crippen molar-refractivity contribution in [3.8, 4) is 0 Å². The van der Waals surface area contributed by atoms with Crippen molar-refractivity contribution in [1.82, 2.24) is 10.6 Å². The number of nitrogens with one attached hydrogen (secondary N) is 2. The van der Waals surface area contributed by atoms with Crippen LogP contribution in [-0.2, 0) is 38.0 Å². The van der Waals surface area contributed by atoms with Gasteiger partial charge >= 0.3 is 0 Å². The fourth-order valence-electron chi connectivity index (χ4n) is 1.98. The Morgan fingerprint density at radius 1 is 0.844 bits per heavy atom. The quantitative estimate of drug-likeness (QED) is 0.156. The third kappa shape index (κ3) is 23.6. The molecule has 12 heteroatoms. The first-order chi connectivity index (χ1) is 15.5. The van der Waals surface area contributed by atoms with Gasteiger partial charge in [0.25, 0.3) is 0 Å². The molecule has 0 aromatic carbocycles. The molecule has 0 saturated heterocycles. The molecule has 2 atom stereocenters. The van der Waals surface area contributed by atoms with Gasteiger partial charge in [0.05, 0.1) is 72.6 Å². The van der Waals surface area contributed by atoms with Gasteiger partial charge in [-0.2, -0.15) is 0 Å². The zero-order valence-corrected chi connectivity index (χ0v) is 20.2. The highest BCUT2D eigenvalue weighted by Crippen LogP contribution is 2.05. The van der Waals surface area contributed by atoms with Gasteiger partial charge in [-0.15, -0.1) is 11.8 Å². The summed E-state index contributed by atoms with van der Waals surface area (Å²) in [5, 5.41) is 5.10. The second kappa shape index (κ2) is 23.1. The highest BCUT2D eigenvalue weighted by atomic mass is 32.2. The highest BCUT2D eigenvalue weighted by molar-refractivity contribution is 7.99. The lowest BCUT2D eigenvalue weighted by molar-refractivity contribution is -0.126. The Hall–Kier alpha value is -1.02. The Kier molecular flexibility index (Phi) is 22.4. The smallest absolute Gasteiger partial charge is 0.246 e. The maximum Gasteiger partial charge on any atom is 0.246 e. The van der Waals surface area contributed by atoms with E-state index in [2.05, 4.69) is 10.6 Å². The second-order valence-electron chi connectivity index (χ2n) is 6.52. The third-order valence-electron chi connectivity index (χ3n) is 3.71. The average molecular weight is 487 g/mol. The van der Waals surface area contributed by atoms with Gasteiger partial charge in [-0.3, -0.25) is 9.59 Å². The molecule has 0 saturated carbocycles. The molecule has 32 heavy (non-hydrogen) atoms. The number of carbonyl (C=O) groups is 2. The van der Waals surface area contributed by atoms with Crippen molar-refractivity contribution in [2.24, 2.45) is 0 Å². The van der Waals surface area contributed by atoms with Gasteiger partial charge in [0.1, 0.15) is 18.2 Å². The van der Waals surface area contributed by atoms with Crippen LogP contribution in [0.1, 0.15) is 13.8 Å². The number of hydrogen-bond acceptors (Lipinski definition) is 9. The number of rotatable bonds is 23. The molecule has 0 aromatic heterocycles. The lowest BCUT2D eigenvalue weighted by atomic mass is 10.4. The van der Waals surface area contributed by atoms with Crippen LogP contribution in [0, 0.1) is 0 Å². The van der Waals surface area contributed by atoms with Crippen molar-refractivity contribution in [2.75, 3.05) is 92.0 Å². The standard InChI is InChI=1S/C20H39FN2O8S/c1-17(24)23-14-19(21)15-30-13-12-29-11-10-28-9-8-27-7-6-26-5-4-22-20(25)16-31-18(2)32-3/h18-19H,4-16H2,1-3H3,(H,22,25)(H,23,24)/t18-,19?/m0/s1. The molecule has 10 nitrogen and oxygen atoms in total. The monoisotopic (exact) mass is 486 g/mol. The first-order valence-electron chi connectivity index (χ1n) is 10.6. The summed E-state index contributed by atoms with van der Waals surface area (Å²) in [4.78, 5) is 22.1. The van der Waals surface area contributed by atoms with Crippen LogP contribution in [0.15, 0.2) is 0 Å². The van der Waals surface area contributed by atoms with E-state index in [9.17, 15) is 14.0 Å². The number of ether oxygens (including phenoxy) is 6. The first kappa shape index (κ1) is 31.0. The molecule has 2 amide bonds. The minimum Gasteiger partial charge on any atom is -0.377 e. The molecule has 2 N–H and O–H groups in total. The van der Waals surface area contributed by atoms with E-state index in [1.165, 1.54) is 18.7 Å². The summed E-state index contributed by atoms with van der Waals surface area (Å²) in [6, 6.07) is 0. The Labute approximate surface area is 194 Å². The van der Waals surface area contributed by atoms with Crippen LogP contribution in [-0.4, -0.2) is 115 Å². The summed E-state index contributed by atoms with van der Waals surface area (Å²) in [6.45, 7) is 7.19. The van der Waals surface area contributed by atoms with Gasteiger partial charge in [-0.25, -0.2) is 4.39 Å². The second-order valence-corrected chi connectivity index (χ2v) is 7.66. The van der Waals surface area contributed by atoms with Crippen molar-refractivity contribution < 1.29 is 42.4 Å². The van der Waals surface area contributed by atoms with Gasteiger partial charge in [0.15, 0.2) is 0 Å². The van der Waals surface area contributed by atoms with Crippen LogP contribution < -0.4 is 10.6 Å². The number of thioether (sulfide) groups is 1. The molecule has 0 spiro atoms. The number of amides is 2. The average Bonchev–Trinajstić information content (AvgIpc) is 2.77. The topological polar surface area (TPSA) is 114 Å². The number of hydrogen-bond donors (Lipinski definition) is 2. The van der Waals surface area contributed by atoms with E-state index < -0.39 is 6.17 Å². The van der Waals surface area contributed by atoms with Gasteiger partial charge in [-0.05, 0) is 13.2 Å². The fraction of sp³-hybridized carbons (Fsp3) is 0.900. The molecule has 0 bridgehead atoms. The van der Waals surface area contributed by atoms with Crippen molar-refractivity contribution in [3.63, 3.8) is 0 Å². The summed E-state index contributed by atoms with van der Waals surface area (Å²) in [5.74, 6) is -0.429. The van der Waals surface area contributed by atoms with Crippen LogP contribution in [0.4, 0.5) is 4.39 Å². The maximum absolute atomic E-state index is 13.3. The Balaban J connectivity index is 3.19. The molecule has 0 aliphatic rings. The van der Waals surface area contributed by atoms with E-state index in [0.717, 1.165) is 0 Å². The van der Waals surface area contributed by atoms with Crippen LogP contribution >= 0.6 is 11.8 Å². The summed E-state index contributed by atoms with van der Waals surface area (Å²) in [5.41, 5.74) is -0.00398. The molecule has 0 radical (unpaired) electrons. The van der Waals surface area contributed by atoms with Crippen molar-refractivity contribution in [3.05, 3.63) is 0 Å². The summed E-state index contributed by atoms with van der Waals surface area (Å²) in [7, 11) is 0. The molecule has 0 heterocycles. The molecule has 1 unspecified atom stereocenters. The fourth-order valence-corrected chi connectivity index (χ4v) is 2.18. The lowest BCUT2D eigenvalue weighted by Gasteiger charge is -2.11. The van der Waals surface area contributed by atoms with Crippen molar-refractivity contribution in [2.45, 2.75) is 25.5 Å². The van der Waals surface area contributed by atoms with Gasteiger partial charge in [0, 0.05) is 13.5 Å². The van der Waals surface area contributed by atoms with Crippen molar-refractivity contribution >= 4 is 23.6 Å². The summed E-state index contributed by atoms with van der Waals surface area (Å²) in [6.07, 6.45) is 0.691. The van der Waals surface area contributed by atoms with E-state index in [4.69, 9.17) is 28.4 Å². The van der Waals surface area contributed by atoms with E-state index in [1.807, 2.05) is 13.2 Å². The Morgan fingerprint density at radius 2 is 1.34 bits per heavy atom. The molecule has 0 aromatic rings. The van der Waals surface area contributed by atoms with Crippen LogP contribution in [0.2, 0.25) is 0 Å².